The standard InChI is InChI=1S/C18H22N4O/c23-11-13-3-1-5-15(13)20-18-14-4-2-6-16(14)21-17(22-18)12-7-9-19-10-8-12/h7-10,13,15,23H,1-6,11H2,(H,20,21,22). The van der Waals surface area contributed by atoms with E-state index in [1.54, 1.807) is 12.4 Å². The van der Waals surface area contributed by atoms with E-state index in [-0.39, 0.29) is 6.61 Å². The van der Waals surface area contributed by atoms with Crippen LogP contribution in [0.4, 0.5) is 5.82 Å². The highest BCUT2D eigenvalue weighted by atomic mass is 16.3. The van der Waals surface area contributed by atoms with E-state index in [9.17, 15) is 5.11 Å². The van der Waals surface area contributed by atoms with Gasteiger partial charge in [0.1, 0.15) is 5.82 Å². The van der Waals surface area contributed by atoms with Crippen LogP contribution in [0.2, 0.25) is 0 Å². The fraction of sp³-hybridized carbons (Fsp3) is 0.500. The number of pyridine rings is 1. The summed E-state index contributed by atoms with van der Waals surface area (Å²) in [5.41, 5.74) is 3.45. The number of fused-ring (bicyclic) bond motifs is 1. The first-order chi connectivity index (χ1) is 11.3. The van der Waals surface area contributed by atoms with Crippen molar-refractivity contribution >= 4 is 5.82 Å². The van der Waals surface area contributed by atoms with Crippen molar-refractivity contribution in [3.8, 4) is 11.4 Å². The molecule has 5 nitrogen and oxygen atoms in total. The SMILES string of the molecule is OCC1CCCC1Nc1nc(-c2ccncc2)nc2c1CCC2. The van der Waals surface area contributed by atoms with Crippen LogP contribution in [0.5, 0.6) is 0 Å². The van der Waals surface area contributed by atoms with Crippen LogP contribution in [-0.4, -0.2) is 32.7 Å². The fourth-order valence-electron chi connectivity index (χ4n) is 3.80. The van der Waals surface area contributed by atoms with E-state index < -0.39 is 0 Å². The number of aliphatic hydroxyl groups is 1. The lowest BCUT2D eigenvalue weighted by Gasteiger charge is -2.21. The number of nitrogens with one attached hydrogen (secondary N) is 1. The minimum Gasteiger partial charge on any atom is -0.396 e. The van der Waals surface area contributed by atoms with Crippen LogP contribution in [0.15, 0.2) is 24.5 Å². The quantitative estimate of drug-likeness (QED) is 0.908. The first-order valence-corrected chi connectivity index (χ1v) is 8.52. The lowest BCUT2D eigenvalue weighted by atomic mass is 10.0. The summed E-state index contributed by atoms with van der Waals surface area (Å²) in [7, 11) is 0. The zero-order valence-corrected chi connectivity index (χ0v) is 13.2. The van der Waals surface area contributed by atoms with Gasteiger partial charge in [-0.05, 0) is 44.2 Å². The smallest absolute Gasteiger partial charge is 0.161 e. The number of aromatic nitrogens is 3. The van der Waals surface area contributed by atoms with Crippen molar-refractivity contribution in [2.45, 2.75) is 44.6 Å². The van der Waals surface area contributed by atoms with E-state index in [0.717, 1.165) is 49.3 Å². The van der Waals surface area contributed by atoms with Gasteiger partial charge in [-0.3, -0.25) is 4.98 Å². The van der Waals surface area contributed by atoms with Crippen molar-refractivity contribution in [1.82, 2.24) is 15.0 Å². The van der Waals surface area contributed by atoms with Crippen LogP contribution in [0.3, 0.4) is 0 Å². The molecular weight excluding hydrogens is 288 g/mol. The fourth-order valence-corrected chi connectivity index (χ4v) is 3.80. The topological polar surface area (TPSA) is 70.9 Å². The molecule has 0 radical (unpaired) electrons. The molecule has 2 aliphatic carbocycles. The minimum absolute atomic E-state index is 0.252. The maximum Gasteiger partial charge on any atom is 0.161 e. The second-order valence-corrected chi connectivity index (χ2v) is 6.53. The molecule has 0 spiro atoms. The van der Waals surface area contributed by atoms with E-state index >= 15 is 0 Å². The van der Waals surface area contributed by atoms with Crippen LogP contribution in [0, 0.1) is 5.92 Å². The van der Waals surface area contributed by atoms with Gasteiger partial charge in [-0.25, -0.2) is 9.97 Å². The Morgan fingerprint density at radius 2 is 1.96 bits per heavy atom. The number of rotatable bonds is 4. The Kier molecular flexibility index (Phi) is 3.95. The van der Waals surface area contributed by atoms with Gasteiger partial charge in [-0.15, -0.1) is 0 Å². The first-order valence-electron chi connectivity index (χ1n) is 8.52. The first kappa shape index (κ1) is 14.6. The van der Waals surface area contributed by atoms with Crippen LogP contribution in [0.25, 0.3) is 11.4 Å². The highest BCUT2D eigenvalue weighted by Crippen LogP contribution is 2.33. The number of hydrogen-bond acceptors (Lipinski definition) is 5. The summed E-state index contributed by atoms with van der Waals surface area (Å²) in [4.78, 5) is 13.7. The highest BCUT2D eigenvalue weighted by molar-refractivity contribution is 5.60. The normalized spacial score (nSPS) is 23.0. The Morgan fingerprint density at radius 3 is 2.78 bits per heavy atom. The van der Waals surface area contributed by atoms with Crippen LogP contribution >= 0.6 is 0 Å². The van der Waals surface area contributed by atoms with Crippen molar-refractivity contribution in [1.29, 1.82) is 0 Å². The molecule has 0 saturated heterocycles. The summed E-state index contributed by atoms with van der Waals surface area (Å²) in [5, 5.41) is 13.2. The second kappa shape index (κ2) is 6.24. The predicted octanol–water partition coefficient (Wildman–Crippen LogP) is 2.60. The Morgan fingerprint density at radius 1 is 1.09 bits per heavy atom. The van der Waals surface area contributed by atoms with Gasteiger partial charge in [-0.2, -0.15) is 0 Å². The average Bonchev–Trinajstić information content (AvgIpc) is 3.24. The zero-order chi connectivity index (χ0) is 15.6. The molecule has 1 saturated carbocycles. The number of aryl methyl sites for hydroxylation is 1. The summed E-state index contributed by atoms with van der Waals surface area (Å²) in [6.45, 7) is 0.252. The Labute approximate surface area is 136 Å². The predicted molar refractivity (Wildman–Crippen MR) is 89.1 cm³/mol. The summed E-state index contributed by atoms with van der Waals surface area (Å²) in [6.07, 6.45) is 10.1. The van der Waals surface area contributed by atoms with E-state index in [4.69, 9.17) is 9.97 Å². The molecule has 5 heteroatoms. The van der Waals surface area contributed by atoms with Gasteiger partial charge in [0, 0.05) is 47.8 Å². The Hall–Kier alpha value is -2.01. The molecule has 0 amide bonds. The molecule has 2 aliphatic rings. The lowest BCUT2D eigenvalue weighted by molar-refractivity contribution is 0.222. The molecule has 2 heterocycles. The number of aliphatic hydroxyl groups excluding tert-OH is 1. The molecule has 2 atom stereocenters. The number of hydrogen-bond donors (Lipinski definition) is 2. The molecule has 0 aromatic carbocycles. The number of anilines is 1. The minimum atomic E-state index is 0.252. The van der Waals surface area contributed by atoms with Crippen molar-refractivity contribution < 1.29 is 5.11 Å². The largest absolute Gasteiger partial charge is 0.396 e. The molecule has 4 rings (SSSR count). The van der Waals surface area contributed by atoms with Gasteiger partial charge < -0.3 is 10.4 Å². The molecule has 1 fully saturated rings. The lowest BCUT2D eigenvalue weighted by Crippen LogP contribution is -2.27. The summed E-state index contributed by atoms with van der Waals surface area (Å²) in [6, 6.07) is 4.23. The van der Waals surface area contributed by atoms with E-state index in [0.29, 0.717) is 12.0 Å². The molecule has 2 N–H and O–H groups in total. The van der Waals surface area contributed by atoms with Crippen molar-refractivity contribution in [2.75, 3.05) is 11.9 Å². The van der Waals surface area contributed by atoms with E-state index in [2.05, 4.69) is 10.3 Å². The Balaban J connectivity index is 1.69. The van der Waals surface area contributed by atoms with Crippen LogP contribution in [0.1, 0.15) is 36.9 Å². The van der Waals surface area contributed by atoms with Gasteiger partial charge in [0.25, 0.3) is 0 Å². The molecule has 0 aliphatic heterocycles. The summed E-state index contributed by atoms with van der Waals surface area (Å²) in [5.74, 6) is 2.09. The maximum atomic E-state index is 9.56. The highest BCUT2D eigenvalue weighted by Gasteiger charge is 2.29. The molecule has 23 heavy (non-hydrogen) atoms. The molecule has 2 unspecified atom stereocenters. The monoisotopic (exact) mass is 310 g/mol. The molecule has 2 aromatic rings. The van der Waals surface area contributed by atoms with Crippen molar-refractivity contribution in [3.63, 3.8) is 0 Å². The van der Waals surface area contributed by atoms with Crippen LogP contribution in [-0.2, 0) is 12.8 Å². The number of nitrogens with zero attached hydrogens (tertiary/aromatic N) is 3. The van der Waals surface area contributed by atoms with Crippen molar-refractivity contribution in [3.05, 3.63) is 35.8 Å². The molecule has 120 valence electrons. The summed E-state index contributed by atoms with van der Waals surface area (Å²) < 4.78 is 0. The Bertz CT molecular complexity index is 689. The van der Waals surface area contributed by atoms with Gasteiger partial charge in [0.05, 0.1) is 0 Å². The third-order valence-corrected chi connectivity index (χ3v) is 5.09. The molecule has 2 aromatic heterocycles. The van der Waals surface area contributed by atoms with Gasteiger partial charge in [0.15, 0.2) is 5.82 Å². The maximum absolute atomic E-state index is 9.56. The van der Waals surface area contributed by atoms with Crippen LogP contribution < -0.4 is 5.32 Å². The molecular formula is C18H22N4O. The average molecular weight is 310 g/mol. The van der Waals surface area contributed by atoms with Gasteiger partial charge in [-0.1, -0.05) is 6.42 Å². The van der Waals surface area contributed by atoms with E-state index in [1.165, 1.54) is 17.7 Å². The third-order valence-electron chi connectivity index (χ3n) is 5.09. The summed E-state index contributed by atoms with van der Waals surface area (Å²) >= 11 is 0. The third kappa shape index (κ3) is 2.81. The second-order valence-electron chi connectivity index (χ2n) is 6.53. The zero-order valence-electron chi connectivity index (χ0n) is 13.2. The van der Waals surface area contributed by atoms with Gasteiger partial charge >= 0.3 is 0 Å². The van der Waals surface area contributed by atoms with E-state index in [1.807, 2.05) is 12.1 Å². The van der Waals surface area contributed by atoms with Gasteiger partial charge in [0.2, 0.25) is 0 Å². The van der Waals surface area contributed by atoms with Crippen molar-refractivity contribution in [2.24, 2.45) is 5.92 Å². The molecule has 0 bridgehead atoms.